The van der Waals surface area contributed by atoms with E-state index in [9.17, 15) is 9.18 Å². The average Bonchev–Trinajstić information content (AvgIpc) is 2.73. The molecule has 1 aliphatic carbocycles. The van der Waals surface area contributed by atoms with Crippen LogP contribution in [0.15, 0.2) is 18.2 Å². The van der Waals surface area contributed by atoms with E-state index in [1.165, 1.54) is 6.07 Å². The van der Waals surface area contributed by atoms with E-state index in [1.54, 1.807) is 6.07 Å². The van der Waals surface area contributed by atoms with Gasteiger partial charge in [-0.2, -0.15) is 0 Å². The van der Waals surface area contributed by atoms with Crippen LogP contribution < -0.4 is 0 Å². The minimum absolute atomic E-state index is 0.154. The molecule has 98 valence electrons. The predicted octanol–water partition coefficient (Wildman–Crippen LogP) is 2.61. The van der Waals surface area contributed by atoms with Crippen LogP contribution >= 0.6 is 0 Å². The number of halogens is 1. The highest BCUT2D eigenvalue weighted by Crippen LogP contribution is 2.35. The molecule has 2 rings (SSSR count). The fraction of sp³-hybridized carbons (Fsp3) is 0.500. The molecule has 1 aromatic carbocycles. The molecule has 0 fully saturated rings. The predicted molar refractivity (Wildman–Crippen MR) is 67.0 cm³/mol. The van der Waals surface area contributed by atoms with Crippen LogP contribution in [0.1, 0.15) is 36.9 Å². The molecule has 18 heavy (non-hydrogen) atoms. The minimum atomic E-state index is -0.772. The van der Waals surface area contributed by atoms with Gasteiger partial charge >= 0.3 is 5.97 Å². The van der Waals surface area contributed by atoms with Gasteiger partial charge in [0, 0.05) is 12.6 Å². The molecule has 1 aliphatic rings. The summed E-state index contributed by atoms with van der Waals surface area (Å²) in [4.78, 5) is 12.8. The molecule has 1 atom stereocenters. The van der Waals surface area contributed by atoms with E-state index < -0.39 is 5.97 Å². The Bertz CT molecular complexity index is 447. The summed E-state index contributed by atoms with van der Waals surface area (Å²) in [6.45, 7) is 3.39. The van der Waals surface area contributed by atoms with Gasteiger partial charge in [0.15, 0.2) is 0 Å². The number of fused-ring (bicyclic) bond motifs is 1. The van der Waals surface area contributed by atoms with Crippen molar-refractivity contribution in [3.05, 3.63) is 35.1 Å². The van der Waals surface area contributed by atoms with E-state index in [1.807, 2.05) is 13.0 Å². The maximum Gasteiger partial charge on any atom is 0.304 e. The van der Waals surface area contributed by atoms with Crippen molar-refractivity contribution < 1.29 is 14.3 Å². The molecule has 0 saturated carbocycles. The Morgan fingerprint density at radius 3 is 3.00 bits per heavy atom. The number of carboxylic acid groups (broad SMARTS) is 1. The van der Waals surface area contributed by atoms with Gasteiger partial charge in [0.2, 0.25) is 0 Å². The van der Waals surface area contributed by atoms with E-state index in [2.05, 4.69) is 4.90 Å². The van der Waals surface area contributed by atoms with Gasteiger partial charge in [0.25, 0.3) is 0 Å². The van der Waals surface area contributed by atoms with Crippen molar-refractivity contribution in [2.45, 2.75) is 32.2 Å². The minimum Gasteiger partial charge on any atom is -0.481 e. The number of nitrogens with zero attached hydrogens (tertiary/aromatic N) is 1. The van der Waals surface area contributed by atoms with Crippen LogP contribution in [-0.4, -0.2) is 29.1 Å². The van der Waals surface area contributed by atoms with Gasteiger partial charge in [-0.15, -0.1) is 0 Å². The quantitative estimate of drug-likeness (QED) is 0.874. The van der Waals surface area contributed by atoms with Crippen molar-refractivity contribution >= 4 is 5.97 Å². The van der Waals surface area contributed by atoms with Gasteiger partial charge in [-0.05, 0) is 42.6 Å². The number of carbonyl (C=O) groups is 1. The maximum absolute atomic E-state index is 13.1. The highest BCUT2D eigenvalue weighted by molar-refractivity contribution is 5.66. The van der Waals surface area contributed by atoms with Gasteiger partial charge in [-0.1, -0.05) is 13.0 Å². The molecule has 1 aromatic rings. The largest absolute Gasteiger partial charge is 0.481 e. The molecule has 1 unspecified atom stereocenters. The highest BCUT2D eigenvalue weighted by atomic mass is 19.1. The van der Waals surface area contributed by atoms with E-state index in [0.29, 0.717) is 6.54 Å². The van der Waals surface area contributed by atoms with Crippen LogP contribution in [0.25, 0.3) is 0 Å². The van der Waals surface area contributed by atoms with Crippen LogP contribution in [0.3, 0.4) is 0 Å². The van der Waals surface area contributed by atoms with Crippen molar-refractivity contribution in [2.75, 3.05) is 13.1 Å². The van der Waals surface area contributed by atoms with Crippen molar-refractivity contribution in [2.24, 2.45) is 0 Å². The lowest BCUT2D eigenvalue weighted by Crippen LogP contribution is -2.29. The van der Waals surface area contributed by atoms with Crippen molar-refractivity contribution in [1.82, 2.24) is 4.90 Å². The van der Waals surface area contributed by atoms with Crippen LogP contribution in [0.2, 0.25) is 0 Å². The summed E-state index contributed by atoms with van der Waals surface area (Å²) in [6, 6.07) is 5.17. The Labute approximate surface area is 106 Å². The van der Waals surface area contributed by atoms with E-state index in [-0.39, 0.29) is 18.3 Å². The summed E-state index contributed by atoms with van der Waals surface area (Å²) in [7, 11) is 0. The van der Waals surface area contributed by atoms with Gasteiger partial charge in [0.1, 0.15) is 5.82 Å². The number of aliphatic carboxylic acids is 1. The fourth-order valence-corrected chi connectivity index (χ4v) is 2.72. The Hall–Kier alpha value is -1.42. The molecular weight excluding hydrogens is 233 g/mol. The van der Waals surface area contributed by atoms with Crippen molar-refractivity contribution in [1.29, 1.82) is 0 Å². The summed E-state index contributed by atoms with van der Waals surface area (Å²) < 4.78 is 13.1. The average molecular weight is 251 g/mol. The van der Waals surface area contributed by atoms with Gasteiger partial charge < -0.3 is 5.11 Å². The van der Waals surface area contributed by atoms with Gasteiger partial charge in [-0.25, -0.2) is 4.39 Å². The second-order valence-corrected chi connectivity index (χ2v) is 4.67. The number of hydrogen-bond acceptors (Lipinski definition) is 2. The first-order chi connectivity index (χ1) is 8.61. The molecule has 0 heterocycles. The molecule has 4 heteroatoms. The lowest BCUT2D eigenvalue weighted by atomic mass is 10.1. The third kappa shape index (κ3) is 2.70. The fourth-order valence-electron chi connectivity index (χ4n) is 2.72. The molecule has 0 spiro atoms. The highest BCUT2D eigenvalue weighted by Gasteiger charge is 2.27. The number of aryl methyl sites for hydroxylation is 1. The smallest absolute Gasteiger partial charge is 0.304 e. The second-order valence-electron chi connectivity index (χ2n) is 4.67. The standard InChI is InChI=1S/C14H18FNO2/c1-2-16(8-7-14(17)18)13-6-3-10-9-11(15)4-5-12(10)13/h4-5,9,13H,2-3,6-8H2,1H3,(H,17,18). The summed E-state index contributed by atoms with van der Waals surface area (Å²) in [5.74, 6) is -0.964. The molecule has 1 N–H and O–H groups in total. The third-order valence-corrected chi connectivity index (χ3v) is 3.61. The zero-order valence-corrected chi connectivity index (χ0v) is 10.5. The summed E-state index contributed by atoms with van der Waals surface area (Å²) in [6.07, 6.45) is 1.98. The zero-order valence-electron chi connectivity index (χ0n) is 10.5. The van der Waals surface area contributed by atoms with Crippen LogP contribution in [0.4, 0.5) is 4.39 Å². The van der Waals surface area contributed by atoms with E-state index in [4.69, 9.17) is 5.11 Å². The molecule has 3 nitrogen and oxygen atoms in total. The van der Waals surface area contributed by atoms with Crippen LogP contribution in [0, 0.1) is 5.82 Å². The molecule has 0 aromatic heterocycles. The van der Waals surface area contributed by atoms with Crippen LogP contribution in [0.5, 0.6) is 0 Å². The molecule has 0 aliphatic heterocycles. The summed E-state index contributed by atoms with van der Waals surface area (Å²) in [5.41, 5.74) is 2.22. The first-order valence-corrected chi connectivity index (χ1v) is 6.36. The molecule has 0 radical (unpaired) electrons. The summed E-state index contributed by atoms with van der Waals surface area (Å²) >= 11 is 0. The lowest BCUT2D eigenvalue weighted by Gasteiger charge is -2.27. The zero-order chi connectivity index (χ0) is 13.1. The Morgan fingerprint density at radius 2 is 2.33 bits per heavy atom. The van der Waals surface area contributed by atoms with E-state index >= 15 is 0 Å². The Kier molecular flexibility index (Phi) is 3.97. The first-order valence-electron chi connectivity index (χ1n) is 6.36. The number of hydrogen-bond donors (Lipinski definition) is 1. The molecule has 0 bridgehead atoms. The molecule has 0 saturated heterocycles. The number of benzene rings is 1. The van der Waals surface area contributed by atoms with Crippen molar-refractivity contribution in [3.63, 3.8) is 0 Å². The molecular formula is C14H18FNO2. The topological polar surface area (TPSA) is 40.5 Å². The maximum atomic E-state index is 13.1. The lowest BCUT2D eigenvalue weighted by molar-refractivity contribution is -0.137. The Balaban J connectivity index is 2.13. The SMILES string of the molecule is CCN(CCC(=O)O)C1CCc2cc(F)ccc21. The van der Waals surface area contributed by atoms with Gasteiger partial charge in [0.05, 0.1) is 6.42 Å². The monoisotopic (exact) mass is 251 g/mol. The van der Waals surface area contributed by atoms with Crippen molar-refractivity contribution in [3.8, 4) is 0 Å². The Morgan fingerprint density at radius 1 is 1.56 bits per heavy atom. The first kappa shape index (κ1) is 13.0. The number of carboxylic acids is 1. The third-order valence-electron chi connectivity index (χ3n) is 3.61. The number of rotatable bonds is 5. The second kappa shape index (κ2) is 5.48. The van der Waals surface area contributed by atoms with Gasteiger partial charge in [-0.3, -0.25) is 9.69 Å². The molecule has 0 amide bonds. The normalized spacial score (nSPS) is 18.1. The van der Waals surface area contributed by atoms with Crippen LogP contribution in [-0.2, 0) is 11.2 Å². The van der Waals surface area contributed by atoms with E-state index in [0.717, 1.165) is 30.5 Å². The summed E-state index contributed by atoms with van der Waals surface area (Å²) in [5, 5.41) is 8.76.